The third-order valence-corrected chi connectivity index (χ3v) is 14.4. The van der Waals surface area contributed by atoms with Crippen molar-refractivity contribution in [2.75, 3.05) is 0 Å². The first kappa shape index (κ1) is 41.9. The van der Waals surface area contributed by atoms with E-state index in [-0.39, 0.29) is 5.56 Å². The van der Waals surface area contributed by atoms with Crippen molar-refractivity contribution >= 4 is 87.5 Å². The van der Waals surface area contributed by atoms with Gasteiger partial charge in [-0.15, -0.1) is 0 Å². The van der Waals surface area contributed by atoms with Crippen LogP contribution in [0.2, 0.25) is 0 Å². The van der Waals surface area contributed by atoms with Gasteiger partial charge in [-0.05, 0) is 78.9 Å². The molecule has 350 valence electrons. The summed E-state index contributed by atoms with van der Waals surface area (Å²) < 4.78 is 66.5. The summed E-state index contributed by atoms with van der Waals surface area (Å²) in [5.74, 6) is 1.15. The van der Waals surface area contributed by atoms with E-state index in [1.807, 2.05) is 205 Å². The van der Waals surface area contributed by atoms with Gasteiger partial charge in [0.15, 0.2) is 17.5 Å². The first-order chi connectivity index (χ1) is 36.4. The molecule has 10 aromatic carbocycles. The number of hydrogen-bond donors (Lipinski definition) is 0. The molecule has 0 aliphatic heterocycles. The molecule has 0 spiro atoms. The van der Waals surface area contributed by atoms with Crippen molar-refractivity contribution in [1.82, 2.24) is 24.1 Å². The molecule has 0 aliphatic rings. The van der Waals surface area contributed by atoms with Gasteiger partial charge in [-0.3, -0.25) is 0 Å². The number of aromatic nitrogens is 5. The summed E-state index contributed by atoms with van der Waals surface area (Å²) >= 11 is 0. The third kappa shape index (κ3) is 6.24. The second-order valence-electron chi connectivity index (χ2n) is 18.5. The van der Waals surface area contributed by atoms with Crippen LogP contribution >= 0.6 is 0 Å². The SMILES string of the molecule is FC(F)(F)c1cccc(-n2c3ccccc3c3c4oc5ccccc5c4ccc32)c1-c1cc(-c2nc(-c3ccccc3)nc(-c3ccccc3)n2)ccc1-n1c2ccccc2c2c3oc4ccccc4c3ccc21. The van der Waals surface area contributed by atoms with Crippen molar-refractivity contribution in [2.24, 2.45) is 0 Å². The molecule has 0 aliphatic carbocycles. The molecule has 0 fully saturated rings. The molecule has 0 radical (unpaired) electrons. The Morgan fingerprint density at radius 2 is 0.811 bits per heavy atom. The minimum atomic E-state index is -4.81. The Morgan fingerprint density at radius 3 is 1.34 bits per heavy atom. The van der Waals surface area contributed by atoms with Crippen molar-refractivity contribution in [2.45, 2.75) is 6.18 Å². The van der Waals surface area contributed by atoms with Gasteiger partial charge in [0, 0.05) is 60.1 Å². The van der Waals surface area contributed by atoms with Gasteiger partial charge in [-0.25, -0.2) is 15.0 Å². The zero-order valence-corrected chi connectivity index (χ0v) is 39.0. The summed E-state index contributed by atoms with van der Waals surface area (Å²) in [6, 6.07) is 69.0. The van der Waals surface area contributed by atoms with Crippen LogP contribution < -0.4 is 0 Å². The number of rotatable bonds is 6. The Balaban J connectivity index is 1.08. The molecule has 5 heterocycles. The summed E-state index contributed by atoms with van der Waals surface area (Å²) in [4.78, 5) is 15.1. The number of halogens is 3. The summed E-state index contributed by atoms with van der Waals surface area (Å²) in [6.07, 6.45) is -4.81. The van der Waals surface area contributed by atoms with E-state index < -0.39 is 11.7 Å². The lowest BCUT2D eigenvalue weighted by Gasteiger charge is -2.23. The van der Waals surface area contributed by atoms with Crippen LogP contribution in [0.15, 0.2) is 227 Å². The number of furan rings is 2. The zero-order valence-electron chi connectivity index (χ0n) is 39.0. The van der Waals surface area contributed by atoms with Gasteiger partial charge < -0.3 is 18.0 Å². The van der Waals surface area contributed by atoms with Crippen LogP contribution in [0.25, 0.3) is 144 Å². The van der Waals surface area contributed by atoms with Crippen molar-refractivity contribution in [1.29, 1.82) is 0 Å². The largest absolute Gasteiger partial charge is 0.455 e. The second kappa shape index (κ2) is 15.9. The molecule has 7 nitrogen and oxygen atoms in total. The Kier molecular flexibility index (Phi) is 8.98. The van der Waals surface area contributed by atoms with Crippen molar-refractivity contribution in [3.05, 3.63) is 224 Å². The van der Waals surface area contributed by atoms with E-state index in [2.05, 4.69) is 4.57 Å². The standard InChI is InChI=1S/C64H36F3N5O2/c65-64(66,67)47-24-15-27-51(72-49-26-12-8-23-45(49)58-53(72)35-32-43-41-21-10-14-29-55(41)74-60(43)58)56(47)46-36-39(63-69-61(37-16-3-1-4-17-37)68-62(70-63)38-18-5-2-6-19-38)30-33-50(46)71-48-25-11-7-22-44(48)57-52(71)34-31-42-40-20-9-13-28-54(40)73-59(42)57/h1-36H. The molecule has 0 bridgehead atoms. The maximum absolute atomic E-state index is 16.4. The smallest absolute Gasteiger partial charge is 0.417 e. The molecular formula is C64H36F3N5O2. The quantitative estimate of drug-likeness (QED) is 0.166. The van der Waals surface area contributed by atoms with E-state index in [0.717, 1.165) is 81.9 Å². The fraction of sp³-hybridized carbons (Fsp3) is 0.0156. The van der Waals surface area contributed by atoms with Crippen LogP contribution in [0.1, 0.15) is 5.56 Å². The van der Waals surface area contributed by atoms with Crippen LogP contribution in [-0.4, -0.2) is 24.1 Å². The third-order valence-electron chi connectivity index (χ3n) is 14.4. The molecule has 10 heteroatoms. The summed E-state index contributed by atoms with van der Waals surface area (Å²) in [5.41, 5.74) is 8.12. The highest BCUT2D eigenvalue weighted by Gasteiger charge is 2.37. The normalized spacial score (nSPS) is 12.3. The van der Waals surface area contributed by atoms with Crippen LogP contribution in [-0.2, 0) is 6.18 Å². The minimum Gasteiger partial charge on any atom is -0.455 e. The van der Waals surface area contributed by atoms with Gasteiger partial charge in [-0.2, -0.15) is 13.2 Å². The molecule has 0 saturated carbocycles. The fourth-order valence-corrected chi connectivity index (χ4v) is 11.2. The molecule has 5 aromatic heterocycles. The van der Waals surface area contributed by atoms with Gasteiger partial charge in [0.1, 0.15) is 22.3 Å². The van der Waals surface area contributed by atoms with E-state index in [4.69, 9.17) is 23.8 Å². The van der Waals surface area contributed by atoms with Crippen LogP contribution in [0.4, 0.5) is 13.2 Å². The Labute approximate surface area is 418 Å². The highest BCUT2D eigenvalue weighted by atomic mass is 19.4. The van der Waals surface area contributed by atoms with Gasteiger partial charge in [0.2, 0.25) is 0 Å². The molecule has 15 rings (SSSR count). The van der Waals surface area contributed by atoms with Crippen LogP contribution in [0.3, 0.4) is 0 Å². The van der Waals surface area contributed by atoms with E-state index in [9.17, 15) is 0 Å². The van der Waals surface area contributed by atoms with Crippen LogP contribution in [0.5, 0.6) is 0 Å². The molecule has 0 saturated heterocycles. The van der Waals surface area contributed by atoms with Gasteiger partial charge in [-0.1, -0.05) is 140 Å². The maximum atomic E-state index is 16.4. The minimum absolute atomic E-state index is 0.0272. The van der Waals surface area contributed by atoms with E-state index in [1.165, 1.54) is 12.1 Å². The lowest BCUT2D eigenvalue weighted by molar-refractivity contribution is -0.137. The first-order valence-corrected chi connectivity index (χ1v) is 24.3. The number of nitrogens with zero attached hydrogens (tertiary/aromatic N) is 5. The predicted molar refractivity (Wildman–Crippen MR) is 290 cm³/mol. The Morgan fingerprint density at radius 1 is 0.351 bits per heavy atom. The maximum Gasteiger partial charge on any atom is 0.417 e. The van der Waals surface area contributed by atoms with Crippen LogP contribution in [0, 0.1) is 0 Å². The fourth-order valence-electron chi connectivity index (χ4n) is 11.2. The number of benzene rings is 10. The second-order valence-corrected chi connectivity index (χ2v) is 18.5. The molecule has 0 unspecified atom stereocenters. The predicted octanol–water partition coefficient (Wildman–Crippen LogP) is 17.6. The topological polar surface area (TPSA) is 74.8 Å². The number of para-hydroxylation sites is 4. The number of hydrogen-bond acceptors (Lipinski definition) is 5. The molecule has 0 N–H and O–H groups in total. The summed E-state index contributed by atoms with van der Waals surface area (Å²) in [5, 5.41) is 7.18. The molecule has 74 heavy (non-hydrogen) atoms. The molecule has 0 atom stereocenters. The number of fused-ring (bicyclic) bond motifs is 14. The molecular weight excluding hydrogens is 928 g/mol. The average Bonchev–Trinajstić information content (AvgIpc) is 4.28. The monoisotopic (exact) mass is 963 g/mol. The molecule has 15 aromatic rings. The van der Waals surface area contributed by atoms with Crippen molar-refractivity contribution < 1.29 is 22.0 Å². The summed E-state index contributed by atoms with van der Waals surface area (Å²) in [6.45, 7) is 0. The lowest BCUT2D eigenvalue weighted by atomic mass is 9.93. The van der Waals surface area contributed by atoms with E-state index in [0.29, 0.717) is 56.7 Å². The highest BCUT2D eigenvalue weighted by molar-refractivity contribution is 6.25. The number of alkyl halides is 3. The first-order valence-electron chi connectivity index (χ1n) is 24.3. The van der Waals surface area contributed by atoms with Gasteiger partial charge in [0.05, 0.1) is 49.8 Å². The van der Waals surface area contributed by atoms with Gasteiger partial charge >= 0.3 is 6.18 Å². The van der Waals surface area contributed by atoms with E-state index >= 15 is 13.2 Å². The Bertz CT molecular complexity index is 4720. The highest BCUT2D eigenvalue weighted by Crippen LogP contribution is 2.49. The van der Waals surface area contributed by atoms with Gasteiger partial charge in [0.25, 0.3) is 0 Å². The zero-order chi connectivity index (χ0) is 49.2. The lowest BCUT2D eigenvalue weighted by Crippen LogP contribution is -2.11. The molecule has 0 amide bonds. The van der Waals surface area contributed by atoms with Crippen molar-refractivity contribution in [3.63, 3.8) is 0 Å². The average molecular weight is 964 g/mol. The van der Waals surface area contributed by atoms with Crippen molar-refractivity contribution in [3.8, 4) is 56.7 Å². The van der Waals surface area contributed by atoms with E-state index in [1.54, 1.807) is 6.07 Å². The summed E-state index contributed by atoms with van der Waals surface area (Å²) in [7, 11) is 0. The Hall–Kier alpha value is -9.80.